The number of nitrogens with one attached hydrogen (secondary N) is 2. The predicted octanol–water partition coefficient (Wildman–Crippen LogP) is 1.55. The number of rotatable bonds is 10. The van der Waals surface area contributed by atoms with Gasteiger partial charge in [-0.15, -0.1) is 0 Å². The highest BCUT2D eigenvalue weighted by Crippen LogP contribution is 2.18. The number of thioether (sulfide) groups is 1. The zero-order valence-corrected chi connectivity index (χ0v) is 13.5. The van der Waals surface area contributed by atoms with Crippen LogP contribution >= 0.6 is 11.8 Å². The number of hydrogen-bond acceptors (Lipinski definition) is 4. The van der Waals surface area contributed by atoms with Crippen LogP contribution in [0.25, 0.3) is 0 Å². The molecule has 2 amide bonds. The molecule has 0 fully saturated rings. The molecular formula is C13H26N2O4S. The molecule has 0 aliphatic rings. The van der Waals surface area contributed by atoms with Crippen LogP contribution in [-0.2, 0) is 9.53 Å². The minimum absolute atomic E-state index is 0.0919. The van der Waals surface area contributed by atoms with E-state index in [4.69, 9.17) is 9.84 Å². The van der Waals surface area contributed by atoms with Crippen molar-refractivity contribution in [2.24, 2.45) is 5.41 Å². The number of ether oxygens (including phenoxy) is 1. The fourth-order valence-electron chi connectivity index (χ4n) is 1.49. The first kappa shape index (κ1) is 19.1. The Balaban J connectivity index is 4.15. The van der Waals surface area contributed by atoms with Gasteiger partial charge >= 0.3 is 12.0 Å². The summed E-state index contributed by atoms with van der Waals surface area (Å²) in [5, 5.41) is 14.2. The molecule has 0 spiro atoms. The standard InChI is InChI=1S/C13H26N2O4S/c1-13(2,6-7-19-3)9-14-12(18)15-10(11(16)17)5-8-20-4/h10H,5-9H2,1-4H3,(H,16,17)(H2,14,15,18)/t10-/m1/s1. The molecule has 20 heavy (non-hydrogen) atoms. The number of carbonyl (C=O) groups excluding carboxylic acids is 1. The molecule has 7 heteroatoms. The van der Waals surface area contributed by atoms with Gasteiger partial charge < -0.3 is 20.5 Å². The smallest absolute Gasteiger partial charge is 0.326 e. The maximum atomic E-state index is 11.7. The number of hydrogen-bond donors (Lipinski definition) is 3. The molecule has 6 nitrogen and oxygen atoms in total. The largest absolute Gasteiger partial charge is 0.480 e. The topological polar surface area (TPSA) is 87.7 Å². The SMILES string of the molecule is COCCC(C)(C)CNC(=O)N[C@H](CCSC)C(=O)O. The summed E-state index contributed by atoms with van der Waals surface area (Å²) in [6, 6.07) is -1.28. The summed E-state index contributed by atoms with van der Waals surface area (Å²) >= 11 is 1.55. The van der Waals surface area contributed by atoms with Gasteiger partial charge in [-0.3, -0.25) is 0 Å². The summed E-state index contributed by atoms with van der Waals surface area (Å²) in [5.41, 5.74) is -0.0919. The maximum absolute atomic E-state index is 11.7. The Bertz CT molecular complexity index is 311. The molecule has 0 aromatic carbocycles. The zero-order chi connectivity index (χ0) is 15.6. The summed E-state index contributed by atoms with van der Waals surface area (Å²) in [7, 11) is 1.64. The fourth-order valence-corrected chi connectivity index (χ4v) is 1.96. The van der Waals surface area contributed by atoms with Crippen LogP contribution < -0.4 is 10.6 Å². The van der Waals surface area contributed by atoms with Gasteiger partial charge in [-0.1, -0.05) is 13.8 Å². The first-order valence-corrected chi connectivity index (χ1v) is 7.97. The summed E-state index contributed by atoms with van der Waals surface area (Å²) in [5.74, 6) is -0.316. The normalized spacial score (nSPS) is 12.8. The Labute approximate surface area is 125 Å². The second-order valence-corrected chi connectivity index (χ2v) is 6.39. The molecule has 0 unspecified atom stereocenters. The highest BCUT2D eigenvalue weighted by molar-refractivity contribution is 7.98. The average molecular weight is 306 g/mol. The average Bonchev–Trinajstić information content (AvgIpc) is 2.38. The summed E-state index contributed by atoms with van der Waals surface area (Å²) < 4.78 is 5.02. The Hall–Kier alpha value is -0.950. The van der Waals surface area contributed by atoms with Crippen molar-refractivity contribution < 1.29 is 19.4 Å². The molecule has 0 aromatic heterocycles. The molecule has 0 saturated heterocycles. The molecule has 118 valence electrons. The Morgan fingerprint density at radius 3 is 2.55 bits per heavy atom. The molecule has 0 aromatic rings. The summed E-state index contributed by atoms with van der Waals surface area (Å²) in [6.45, 7) is 5.14. The first-order valence-electron chi connectivity index (χ1n) is 6.57. The molecule has 0 bridgehead atoms. The van der Waals surface area contributed by atoms with Gasteiger partial charge in [0.25, 0.3) is 0 Å². The summed E-state index contributed by atoms with van der Waals surface area (Å²) in [4.78, 5) is 22.7. The minimum atomic E-state index is -1.01. The number of carbonyl (C=O) groups is 2. The molecule has 0 rings (SSSR count). The molecule has 3 N–H and O–H groups in total. The lowest BCUT2D eigenvalue weighted by Gasteiger charge is -2.25. The molecule has 0 aliphatic heterocycles. The minimum Gasteiger partial charge on any atom is -0.480 e. The number of methoxy groups -OCH3 is 1. The lowest BCUT2D eigenvalue weighted by molar-refractivity contribution is -0.139. The van der Waals surface area contributed by atoms with Gasteiger partial charge in [-0.25, -0.2) is 9.59 Å². The number of aliphatic carboxylic acids is 1. The highest BCUT2D eigenvalue weighted by Gasteiger charge is 2.22. The van der Waals surface area contributed by atoms with Crippen molar-refractivity contribution in [1.29, 1.82) is 0 Å². The van der Waals surface area contributed by atoms with E-state index in [1.54, 1.807) is 18.9 Å². The van der Waals surface area contributed by atoms with Gasteiger partial charge in [-0.2, -0.15) is 11.8 Å². The van der Waals surface area contributed by atoms with E-state index in [0.717, 1.165) is 6.42 Å². The third-order valence-corrected chi connectivity index (χ3v) is 3.57. The van der Waals surface area contributed by atoms with E-state index in [1.807, 2.05) is 20.1 Å². The van der Waals surface area contributed by atoms with Crippen molar-refractivity contribution in [3.05, 3.63) is 0 Å². The second-order valence-electron chi connectivity index (χ2n) is 5.41. The highest BCUT2D eigenvalue weighted by atomic mass is 32.2. The third-order valence-electron chi connectivity index (χ3n) is 2.92. The number of urea groups is 1. The van der Waals surface area contributed by atoms with Gasteiger partial charge in [-0.05, 0) is 30.3 Å². The van der Waals surface area contributed by atoms with E-state index in [1.165, 1.54) is 0 Å². The Morgan fingerprint density at radius 1 is 1.40 bits per heavy atom. The molecule has 0 aliphatic carbocycles. The van der Waals surface area contributed by atoms with Crippen molar-refractivity contribution in [2.75, 3.05) is 32.3 Å². The third kappa shape index (κ3) is 9.03. The van der Waals surface area contributed by atoms with Crippen LogP contribution in [0.1, 0.15) is 26.7 Å². The van der Waals surface area contributed by atoms with E-state index < -0.39 is 18.0 Å². The van der Waals surface area contributed by atoms with Gasteiger partial charge in [0.2, 0.25) is 0 Å². The van der Waals surface area contributed by atoms with Crippen LogP contribution in [0.3, 0.4) is 0 Å². The van der Waals surface area contributed by atoms with Crippen LogP contribution in [-0.4, -0.2) is 55.4 Å². The second kappa shape index (κ2) is 9.88. The number of carboxylic acids is 1. The van der Waals surface area contributed by atoms with Crippen molar-refractivity contribution in [2.45, 2.75) is 32.7 Å². The van der Waals surface area contributed by atoms with Crippen molar-refractivity contribution in [3.8, 4) is 0 Å². The fraction of sp³-hybridized carbons (Fsp3) is 0.846. The summed E-state index contributed by atoms with van der Waals surface area (Å²) in [6.07, 6.45) is 3.13. The molecule has 0 radical (unpaired) electrons. The molecule has 1 atom stereocenters. The zero-order valence-electron chi connectivity index (χ0n) is 12.7. The van der Waals surface area contributed by atoms with Crippen molar-refractivity contribution >= 4 is 23.8 Å². The monoisotopic (exact) mass is 306 g/mol. The van der Waals surface area contributed by atoms with Crippen LogP contribution in [0, 0.1) is 5.41 Å². The quantitative estimate of drug-likeness (QED) is 0.570. The van der Waals surface area contributed by atoms with E-state index in [2.05, 4.69) is 10.6 Å². The van der Waals surface area contributed by atoms with Crippen molar-refractivity contribution in [1.82, 2.24) is 10.6 Å². The van der Waals surface area contributed by atoms with Crippen LogP contribution in [0.4, 0.5) is 4.79 Å². The van der Waals surface area contributed by atoms with E-state index in [0.29, 0.717) is 25.3 Å². The Kier molecular flexibility index (Phi) is 9.41. The van der Waals surface area contributed by atoms with Gasteiger partial charge in [0, 0.05) is 20.3 Å². The first-order chi connectivity index (χ1) is 9.32. The molecule has 0 saturated carbocycles. The van der Waals surface area contributed by atoms with Crippen LogP contribution in [0.15, 0.2) is 0 Å². The lowest BCUT2D eigenvalue weighted by Crippen LogP contribution is -2.48. The van der Waals surface area contributed by atoms with E-state index in [9.17, 15) is 9.59 Å². The number of amides is 2. The van der Waals surface area contributed by atoms with Crippen LogP contribution in [0.2, 0.25) is 0 Å². The van der Waals surface area contributed by atoms with Gasteiger partial charge in [0.15, 0.2) is 0 Å². The van der Waals surface area contributed by atoms with Gasteiger partial charge in [0.05, 0.1) is 0 Å². The number of carboxylic acid groups (broad SMARTS) is 1. The molecular weight excluding hydrogens is 280 g/mol. The molecule has 0 heterocycles. The van der Waals surface area contributed by atoms with E-state index in [-0.39, 0.29) is 5.41 Å². The van der Waals surface area contributed by atoms with E-state index >= 15 is 0 Å². The van der Waals surface area contributed by atoms with Crippen LogP contribution in [0.5, 0.6) is 0 Å². The van der Waals surface area contributed by atoms with Gasteiger partial charge in [0.1, 0.15) is 6.04 Å². The van der Waals surface area contributed by atoms with Crippen molar-refractivity contribution in [3.63, 3.8) is 0 Å². The Morgan fingerprint density at radius 2 is 2.05 bits per heavy atom. The predicted molar refractivity (Wildman–Crippen MR) is 81.2 cm³/mol. The maximum Gasteiger partial charge on any atom is 0.326 e. The lowest BCUT2D eigenvalue weighted by atomic mass is 9.90.